The smallest absolute Gasteiger partial charge is 0.266 e. The van der Waals surface area contributed by atoms with E-state index < -0.39 is 10.1 Å². The van der Waals surface area contributed by atoms with Gasteiger partial charge in [0.15, 0.2) is 0 Å². The molecule has 3 nitrogen and oxygen atoms in total. The second-order valence-electron chi connectivity index (χ2n) is 6.46. The largest absolute Gasteiger partial charge is 0.297 e. The molecule has 1 aliphatic rings. The number of hydrogen-bond acceptors (Lipinski definition) is 3. The summed E-state index contributed by atoms with van der Waals surface area (Å²) in [5.41, 5.74) is 2.27. The maximum Gasteiger partial charge on any atom is 0.297 e. The Kier molecular flexibility index (Phi) is 6.85. The van der Waals surface area contributed by atoms with Gasteiger partial charge < -0.3 is 0 Å². The van der Waals surface area contributed by atoms with Crippen molar-refractivity contribution in [3.63, 3.8) is 0 Å². The first-order chi connectivity index (χ1) is 11.0. The highest BCUT2D eigenvalue weighted by Gasteiger charge is 2.21. The number of allylic oxidation sites excluding steroid dienone is 2. The lowest BCUT2D eigenvalue weighted by Gasteiger charge is -2.22. The summed E-state index contributed by atoms with van der Waals surface area (Å²) in [5, 5.41) is 0. The highest BCUT2D eigenvalue weighted by atomic mass is 32.2. The van der Waals surface area contributed by atoms with Crippen LogP contribution in [0.5, 0.6) is 0 Å². The summed E-state index contributed by atoms with van der Waals surface area (Å²) in [6.45, 7) is 4.30. The van der Waals surface area contributed by atoms with Crippen molar-refractivity contribution in [3.05, 3.63) is 41.5 Å². The van der Waals surface area contributed by atoms with Gasteiger partial charge in [-0.25, -0.2) is 0 Å². The Hall–Kier alpha value is -1.13. The zero-order valence-electron chi connectivity index (χ0n) is 14.3. The molecule has 2 rings (SSSR count). The molecule has 1 aromatic rings. The molecule has 128 valence electrons. The molecule has 1 atom stereocenters. The van der Waals surface area contributed by atoms with Gasteiger partial charge >= 0.3 is 0 Å². The molecule has 0 amide bonds. The van der Waals surface area contributed by atoms with Crippen molar-refractivity contribution >= 4 is 10.1 Å². The van der Waals surface area contributed by atoms with Crippen LogP contribution in [0.15, 0.2) is 40.8 Å². The molecule has 4 heteroatoms. The average Bonchev–Trinajstić information content (AvgIpc) is 2.55. The first-order valence-corrected chi connectivity index (χ1v) is 10.1. The normalized spacial score (nSPS) is 18.7. The molecule has 0 aromatic heterocycles. The van der Waals surface area contributed by atoms with E-state index in [-0.39, 0.29) is 11.5 Å². The number of rotatable bonds is 8. The van der Waals surface area contributed by atoms with Crippen molar-refractivity contribution in [3.8, 4) is 0 Å². The Morgan fingerprint density at radius 3 is 2.65 bits per heavy atom. The van der Waals surface area contributed by atoms with Gasteiger partial charge in [-0.15, -0.1) is 0 Å². The average molecular weight is 336 g/mol. The van der Waals surface area contributed by atoms with E-state index >= 15 is 0 Å². The van der Waals surface area contributed by atoms with Crippen molar-refractivity contribution in [2.75, 3.05) is 6.61 Å². The Morgan fingerprint density at radius 1 is 1.22 bits per heavy atom. The van der Waals surface area contributed by atoms with Gasteiger partial charge in [-0.2, -0.15) is 8.42 Å². The molecule has 0 radical (unpaired) electrons. The minimum atomic E-state index is -3.64. The van der Waals surface area contributed by atoms with Gasteiger partial charge in [-0.05, 0) is 56.6 Å². The van der Waals surface area contributed by atoms with E-state index in [1.807, 2.05) is 6.07 Å². The molecule has 0 fully saturated rings. The molecular weight excluding hydrogens is 308 g/mol. The molecular formula is C19H28O3S. The zero-order valence-corrected chi connectivity index (χ0v) is 15.1. The van der Waals surface area contributed by atoms with Gasteiger partial charge in [0.25, 0.3) is 10.1 Å². The first-order valence-electron chi connectivity index (χ1n) is 8.66. The van der Waals surface area contributed by atoms with Crippen LogP contribution in [-0.4, -0.2) is 15.0 Å². The standard InChI is InChI=1S/C19H28O3S/c1-3-4-5-9-17-11-13-18(14-12-17)15-22-23(20,21)19-10-7-6-8-16(19)2/h6-8,10-11,18H,3-5,9,12-15H2,1-2H3. The second-order valence-corrected chi connectivity index (χ2v) is 8.05. The van der Waals surface area contributed by atoms with E-state index in [4.69, 9.17) is 4.18 Å². The molecule has 0 aliphatic heterocycles. The highest BCUT2D eigenvalue weighted by Crippen LogP contribution is 2.28. The van der Waals surface area contributed by atoms with Gasteiger partial charge in [0.1, 0.15) is 0 Å². The monoisotopic (exact) mass is 336 g/mol. The fourth-order valence-electron chi connectivity index (χ4n) is 3.01. The lowest BCUT2D eigenvalue weighted by atomic mass is 9.88. The molecule has 0 heterocycles. The van der Waals surface area contributed by atoms with Crippen LogP contribution in [0.25, 0.3) is 0 Å². The van der Waals surface area contributed by atoms with Gasteiger partial charge in [0.2, 0.25) is 0 Å². The summed E-state index contributed by atoms with van der Waals surface area (Å²) < 4.78 is 29.9. The van der Waals surface area contributed by atoms with E-state index in [0.29, 0.717) is 5.92 Å². The van der Waals surface area contributed by atoms with Gasteiger partial charge in [-0.1, -0.05) is 49.6 Å². The molecule has 0 spiro atoms. The Morgan fingerprint density at radius 2 is 2.00 bits per heavy atom. The van der Waals surface area contributed by atoms with Crippen molar-refractivity contribution in [1.29, 1.82) is 0 Å². The summed E-state index contributed by atoms with van der Waals surface area (Å²) in [6, 6.07) is 6.97. The number of aryl methyl sites for hydroxylation is 1. The third kappa shape index (κ3) is 5.47. The van der Waals surface area contributed by atoms with E-state index in [1.165, 1.54) is 31.3 Å². The molecule has 1 aliphatic carbocycles. The zero-order chi connectivity index (χ0) is 16.7. The third-order valence-corrected chi connectivity index (χ3v) is 5.98. The van der Waals surface area contributed by atoms with Crippen LogP contribution >= 0.6 is 0 Å². The van der Waals surface area contributed by atoms with E-state index in [9.17, 15) is 8.42 Å². The van der Waals surface area contributed by atoms with Gasteiger partial charge in [0, 0.05) is 0 Å². The molecule has 0 bridgehead atoms. The van der Waals surface area contributed by atoms with Crippen molar-refractivity contribution in [2.45, 2.75) is 63.7 Å². The van der Waals surface area contributed by atoms with E-state index in [1.54, 1.807) is 25.1 Å². The topological polar surface area (TPSA) is 43.4 Å². The summed E-state index contributed by atoms with van der Waals surface area (Å²) in [5.74, 6) is 0.309. The predicted octanol–water partition coefficient (Wildman–Crippen LogP) is 5.01. The number of unbranched alkanes of at least 4 members (excludes halogenated alkanes) is 2. The maximum atomic E-state index is 12.3. The lowest BCUT2D eigenvalue weighted by molar-refractivity contribution is 0.241. The fraction of sp³-hybridized carbons (Fsp3) is 0.579. The van der Waals surface area contributed by atoms with Crippen LogP contribution in [-0.2, 0) is 14.3 Å². The SMILES string of the molecule is CCCCCC1=CCC(COS(=O)(=O)c2ccccc2C)CC1. The third-order valence-electron chi connectivity index (χ3n) is 4.54. The summed E-state index contributed by atoms with van der Waals surface area (Å²) in [7, 11) is -3.64. The van der Waals surface area contributed by atoms with Crippen LogP contribution in [0.1, 0.15) is 57.4 Å². The first kappa shape index (κ1) is 18.2. The van der Waals surface area contributed by atoms with Gasteiger partial charge in [-0.3, -0.25) is 4.18 Å². The number of hydrogen-bond donors (Lipinski definition) is 0. The van der Waals surface area contributed by atoms with Crippen molar-refractivity contribution in [1.82, 2.24) is 0 Å². The highest BCUT2D eigenvalue weighted by molar-refractivity contribution is 7.86. The Labute approximate surface area is 140 Å². The van der Waals surface area contributed by atoms with Crippen LogP contribution in [0.3, 0.4) is 0 Å². The molecule has 23 heavy (non-hydrogen) atoms. The van der Waals surface area contributed by atoms with Crippen LogP contribution in [0.4, 0.5) is 0 Å². The van der Waals surface area contributed by atoms with Gasteiger partial charge in [0.05, 0.1) is 11.5 Å². The summed E-state index contributed by atoms with van der Waals surface area (Å²) in [6.07, 6.45) is 10.4. The minimum Gasteiger partial charge on any atom is -0.266 e. The fourth-order valence-corrected chi connectivity index (χ4v) is 4.22. The lowest BCUT2D eigenvalue weighted by Crippen LogP contribution is -2.17. The Balaban J connectivity index is 1.84. The maximum absolute atomic E-state index is 12.3. The summed E-state index contributed by atoms with van der Waals surface area (Å²) >= 11 is 0. The summed E-state index contributed by atoms with van der Waals surface area (Å²) in [4.78, 5) is 0.284. The van der Waals surface area contributed by atoms with Crippen LogP contribution < -0.4 is 0 Å². The van der Waals surface area contributed by atoms with Crippen LogP contribution in [0.2, 0.25) is 0 Å². The second kappa shape index (κ2) is 8.65. The van der Waals surface area contributed by atoms with E-state index in [2.05, 4.69) is 13.0 Å². The minimum absolute atomic E-state index is 0.284. The molecule has 0 N–H and O–H groups in total. The molecule has 1 unspecified atom stereocenters. The van der Waals surface area contributed by atoms with E-state index in [0.717, 1.165) is 24.8 Å². The number of benzene rings is 1. The Bertz CT molecular complexity index is 632. The van der Waals surface area contributed by atoms with Crippen molar-refractivity contribution < 1.29 is 12.6 Å². The molecule has 1 aromatic carbocycles. The predicted molar refractivity (Wildman–Crippen MR) is 93.9 cm³/mol. The van der Waals surface area contributed by atoms with Crippen LogP contribution in [0, 0.1) is 12.8 Å². The van der Waals surface area contributed by atoms with Crippen molar-refractivity contribution in [2.24, 2.45) is 5.92 Å². The molecule has 0 saturated carbocycles. The molecule has 0 saturated heterocycles. The quantitative estimate of drug-likeness (QED) is 0.381.